The lowest BCUT2D eigenvalue weighted by Crippen LogP contribution is -2.21. The van der Waals surface area contributed by atoms with Gasteiger partial charge in [0.15, 0.2) is 12.4 Å². The fraction of sp³-hybridized carbons (Fsp3) is 0.250. The fourth-order valence-corrected chi connectivity index (χ4v) is 2.37. The Bertz CT molecular complexity index is 755. The molecule has 0 saturated heterocycles. The van der Waals surface area contributed by atoms with Crippen LogP contribution in [0.15, 0.2) is 54.6 Å². The third-order valence-electron chi connectivity index (χ3n) is 3.76. The molecule has 0 saturated carbocycles. The third-order valence-corrected chi connectivity index (χ3v) is 3.76. The standard InChI is InChI=1S/C20H21NO4/c1-14(16-7-4-3-5-8-16)11-20(24)25-13-19(23)21-18-10-6-9-17(12-18)15(2)22/h3-10,12,14H,11,13H2,1-2H3,(H,21,23)/t14-/m0/s1. The number of rotatable bonds is 7. The molecule has 0 aliphatic heterocycles. The van der Waals surface area contributed by atoms with Crippen molar-refractivity contribution < 1.29 is 19.1 Å². The Kier molecular flexibility index (Phi) is 6.46. The molecule has 0 aliphatic carbocycles. The maximum absolute atomic E-state index is 11.9. The molecule has 0 aromatic heterocycles. The Morgan fingerprint density at radius 1 is 1.04 bits per heavy atom. The lowest BCUT2D eigenvalue weighted by atomic mass is 9.98. The van der Waals surface area contributed by atoms with Gasteiger partial charge in [-0.15, -0.1) is 0 Å². The first-order chi connectivity index (χ1) is 12.0. The number of ether oxygens (including phenoxy) is 1. The van der Waals surface area contributed by atoms with Crippen molar-refractivity contribution in [3.8, 4) is 0 Å². The molecule has 0 heterocycles. The van der Waals surface area contributed by atoms with Gasteiger partial charge < -0.3 is 10.1 Å². The average molecular weight is 339 g/mol. The second kappa shape index (κ2) is 8.78. The lowest BCUT2D eigenvalue weighted by molar-refractivity contribution is -0.147. The van der Waals surface area contributed by atoms with Gasteiger partial charge in [0.05, 0.1) is 6.42 Å². The summed E-state index contributed by atoms with van der Waals surface area (Å²) in [5.41, 5.74) is 2.04. The summed E-state index contributed by atoms with van der Waals surface area (Å²) in [5, 5.41) is 2.61. The van der Waals surface area contributed by atoms with E-state index in [1.807, 2.05) is 37.3 Å². The first kappa shape index (κ1) is 18.4. The van der Waals surface area contributed by atoms with Gasteiger partial charge in [-0.3, -0.25) is 14.4 Å². The summed E-state index contributed by atoms with van der Waals surface area (Å²) in [4.78, 5) is 35.1. The molecule has 5 heteroatoms. The predicted molar refractivity (Wildman–Crippen MR) is 95.5 cm³/mol. The van der Waals surface area contributed by atoms with Crippen molar-refractivity contribution in [3.63, 3.8) is 0 Å². The average Bonchev–Trinajstić information content (AvgIpc) is 2.61. The van der Waals surface area contributed by atoms with Crippen molar-refractivity contribution in [1.82, 2.24) is 0 Å². The minimum absolute atomic E-state index is 0.0176. The summed E-state index contributed by atoms with van der Waals surface area (Å²) >= 11 is 0. The van der Waals surface area contributed by atoms with Crippen LogP contribution in [-0.2, 0) is 14.3 Å². The summed E-state index contributed by atoms with van der Waals surface area (Å²) in [7, 11) is 0. The van der Waals surface area contributed by atoms with Crippen molar-refractivity contribution >= 4 is 23.3 Å². The Balaban J connectivity index is 1.80. The van der Waals surface area contributed by atoms with Gasteiger partial charge in [0.2, 0.25) is 0 Å². The number of esters is 1. The van der Waals surface area contributed by atoms with Crippen LogP contribution in [-0.4, -0.2) is 24.3 Å². The third kappa shape index (κ3) is 5.88. The van der Waals surface area contributed by atoms with Crippen molar-refractivity contribution in [2.45, 2.75) is 26.2 Å². The summed E-state index contributed by atoms with van der Waals surface area (Å²) in [5.74, 6) is -0.938. The van der Waals surface area contributed by atoms with Crippen LogP contribution < -0.4 is 5.32 Å². The molecule has 1 N–H and O–H groups in total. The molecule has 0 aliphatic rings. The monoisotopic (exact) mass is 339 g/mol. The van der Waals surface area contributed by atoms with E-state index >= 15 is 0 Å². The van der Waals surface area contributed by atoms with Gasteiger partial charge in [-0.25, -0.2) is 0 Å². The van der Waals surface area contributed by atoms with Crippen LogP contribution >= 0.6 is 0 Å². The number of ketones is 1. The second-order valence-corrected chi connectivity index (χ2v) is 5.86. The lowest BCUT2D eigenvalue weighted by Gasteiger charge is -2.11. The van der Waals surface area contributed by atoms with E-state index in [0.29, 0.717) is 11.3 Å². The molecule has 25 heavy (non-hydrogen) atoms. The van der Waals surface area contributed by atoms with Gasteiger partial charge >= 0.3 is 5.97 Å². The summed E-state index contributed by atoms with van der Waals surface area (Å²) in [6.07, 6.45) is 0.205. The van der Waals surface area contributed by atoms with E-state index in [0.717, 1.165) is 5.56 Å². The molecule has 0 radical (unpaired) electrons. The zero-order valence-corrected chi connectivity index (χ0v) is 14.3. The van der Waals surface area contributed by atoms with Crippen LogP contribution in [0.5, 0.6) is 0 Å². The number of hydrogen-bond donors (Lipinski definition) is 1. The maximum atomic E-state index is 11.9. The normalized spacial score (nSPS) is 11.4. The smallest absolute Gasteiger partial charge is 0.306 e. The Hall–Kier alpha value is -2.95. The summed E-state index contributed by atoms with van der Waals surface area (Å²) < 4.78 is 5.03. The number of nitrogens with one attached hydrogen (secondary N) is 1. The molecule has 2 rings (SSSR count). The van der Waals surface area contributed by atoms with Crippen molar-refractivity contribution in [2.75, 3.05) is 11.9 Å². The fourth-order valence-electron chi connectivity index (χ4n) is 2.37. The highest BCUT2D eigenvalue weighted by Crippen LogP contribution is 2.18. The maximum Gasteiger partial charge on any atom is 0.306 e. The molecule has 1 atom stereocenters. The number of hydrogen-bond acceptors (Lipinski definition) is 4. The first-order valence-corrected chi connectivity index (χ1v) is 8.07. The van der Waals surface area contributed by atoms with Gasteiger partial charge in [0.1, 0.15) is 0 Å². The van der Waals surface area contributed by atoms with Crippen LogP contribution in [0.2, 0.25) is 0 Å². The van der Waals surface area contributed by atoms with Crippen molar-refractivity contribution in [3.05, 3.63) is 65.7 Å². The highest BCUT2D eigenvalue weighted by molar-refractivity contribution is 5.97. The van der Waals surface area contributed by atoms with E-state index in [9.17, 15) is 14.4 Å². The molecule has 1 amide bonds. The van der Waals surface area contributed by atoms with E-state index in [-0.39, 0.29) is 24.7 Å². The van der Waals surface area contributed by atoms with Gasteiger partial charge in [-0.2, -0.15) is 0 Å². The first-order valence-electron chi connectivity index (χ1n) is 8.07. The highest BCUT2D eigenvalue weighted by atomic mass is 16.5. The molecule has 5 nitrogen and oxygen atoms in total. The van der Waals surface area contributed by atoms with Crippen LogP contribution in [0.4, 0.5) is 5.69 Å². The van der Waals surface area contributed by atoms with Crippen LogP contribution in [0.25, 0.3) is 0 Å². The number of carbonyl (C=O) groups is 3. The number of benzene rings is 2. The molecular formula is C20H21NO4. The molecule has 130 valence electrons. The van der Waals surface area contributed by atoms with E-state index in [4.69, 9.17) is 4.74 Å². The zero-order chi connectivity index (χ0) is 18.2. The number of carbonyl (C=O) groups excluding carboxylic acids is 3. The van der Waals surface area contributed by atoms with Gasteiger partial charge in [0.25, 0.3) is 5.91 Å². The Morgan fingerprint density at radius 2 is 1.76 bits per heavy atom. The largest absolute Gasteiger partial charge is 0.456 e. The molecular weight excluding hydrogens is 318 g/mol. The topological polar surface area (TPSA) is 72.5 Å². The Morgan fingerprint density at radius 3 is 2.44 bits per heavy atom. The molecule has 0 spiro atoms. The summed E-state index contributed by atoms with van der Waals surface area (Å²) in [6, 6.07) is 16.3. The van der Waals surface area contributed by atoms with Crippen molar-refractivity contribution in [1.29, 1.82) is 0 Å². The number of amides is 1. The number of anilines is 1. The molecule has 0 unspecified atom stereocenters. The SMILES string of the molecule is CC(=O)c1cccc(NC(=O)COC(=O)C[C@H](C)c2ccccc2)c1. The Labute approximate surface area is 147 Å². The highest BCUT2D eigenvalue weighted by Gasteiger charge is 2.14. The second-order valence-electron chi connectivity index (χ2n) is 5.86. The zero-order valence-electron chi connectivity index (χ0n) is 14.3. The van der Waals surface area contributed by atoms with Gasteiger partial charge in [0, 0.05) is 11.3 Å². The summed E-state index contributed by atoms with van der Waals surface area (Å²) in [6.45, 7) is 3.03. The molecule has 0 fully saturated rings. The van der Waals surface area contributed by atoms with Crippen molar-refractivity contribution in [2.24, 2.45) is 0 Å². The van der Waals surface area contributed by atoms with Gasteiger partial charge in [-0.1, -0.05) is 49.4 Å². The van der Waals surface area contributed by atoms with E-state index < -0.39 is 11.9 Å². The molecule has 2 aromatic rings. The van der Waals surface area contributed by atoms with Crippen LogP contribution in [0.1, 0.15) is 42.1 Å². The quantitative estimate of drug-likeness (QED) is 0.618. The van der Waals surface area contributed by atoms with Gasteiger partial charge in [-0.05, 0) is 30.5 Å². The van der Waals surface area contributed by atoms with E-state index in [1.54, 1.807) is 24.3 Å². The minimum Gasteiger partial charge on any atom is -0.456 e. The molecule has 2 aromatic carbocycles. The van der Waals surface area contributed by atoms with E-state index in [1.165, 1.54) is 6.92 Å². The number of Topliss-reactive ketones (excluding diaryl/α,β-unsaturated/α-hetero) is 1. The minimum atomic E-state index is -0.443. The van der Waals surface area contributed by atoms with Crippen LogP contribution in [0.3, 0.4) is 0 Å². The predicted octanol–water partition coefficient (Wildman–Crippen LogP) is 3.56. The van der Waals surface area contributed by atoms with E-state index in [2.05, 4.69) is 5.32 Å². The molecule has 0 bridgehead atoms. The van der Waals surface area contributed by atoms with Crippen LogP contribution in [0, 0.1) is 0 Å².